The second-order valence-electron chi connectivity index (χ2n) is 8.47. The smallest absolute Gasteiger partial charge is 0.248 e. The van der Waals surface area contributed by atoms with Gasteiger partial charge in [0.25, 0.3) is 0 Å². The standard InChI is InChI=1S/C22H29N3O4.ClH/c1-29-22(16-5-2-4-15(12-16)21(23)28)17-6-3-7-18(22)14-24(13-17)10-11-25-19(26)8-9-20(25)27;/h2,4-5,12,17-18H,3,6-11,13-14H2,1H3,(H2,23,28);1H/t17-,18+,22+;. The summed E-state index contributed by atoms with van der Waals surface area (Å²) < 4.78 is 6.23. The molecule has 1 aromatic rings. The van der Waals surface area contributed by atoms with Crippen molar-refractivity contribution in [2.45, 2.75) is 37.7 Å². The lowest BCUT2D eigenvalue weighted by Crippen LogP contribution is -2.59. The van der Waals surface area contributed by atoms with E-state index in [2.05, 4.69) is 4.90 Å². The molecule has 0 spiro atoms. The first-order valence-electron chi connectivity index (χ1n) is 10.5. The molecule has 2 aliphatic heterocycles. The Hall–Kier alpha value is -1.96. The van der Waals surface area contributed by atoms with Gasteiger partial charge in [-0.05, 0) is 30.5 Å². The molecule has 0 unspecified atom stereocenters. The number of imide groups is 1. The minimum Gasteiger partial charge on any atom is -0.373 e. The Bertz CT molecular complexity index is 800. The van der Waals surface area contributed by atoms with Gasteiger partial charge in [0.15, 0.2) is 0 Å². The van der Waals surface area contributed by atoms with Gasteiger partial charge in [0.1, 0.15) is 5.60 Å². The van der Waals surface area contributed by atoms with Gasteiger partial charge >= 0.3 is 0 Å². The highest BCUT2D eigenvalue weighted by Crippen LogP contribution is 2.51. The van der Waals surface area contributed by atoms with Crippen LogP contribution in [0.15, 0.2) is 24.3 Å². The van der Waals surface area contributed by atoms with E-state index in [4.69, 9.17) is 10.5 Å². The van der Waals surface area contributed by atoms with Crippen molar-refractivity contribution in [2.24, 2.45) is 17.6 Å². The van der Waals surface area contributed by atoms with Gasteiger partial charge in [-0.3, -0.25) is 19.3 Å². The van der Waals surface area contributed by atoms with Crippen LogP contribution >= 0.6 is 12.4 Å². The summed E-state index contributed by atoms with van der Waals surface area (Å²) in [5.41, 5.74) is 6.61. The zero-order chi connectivity index (χ0) is 20.6. The highest BCUT2D eigenvalue weighted by molar-refractivity contribution is 6.01. The van der Waals surface area contributed by atoms with E-state index in [0.29, 0.717) is 31.5 Å². The first-order chi connectivity index (χ1) is 14.0. The van der Waals surface area contributed by atoms with Crippen LogP contribution in [0.25, 0.3) is 0 Å². The molecule has 2 saturated heterocycles. The van der Waals surface area contributed by atoms with Crippen molar-refractivity contribution in [1.82, 2.24) is 9.80 Å². The van der Waals surface area contributed by atoms with Crippen LogP contribution in [-0.4, -0.2) is 60.8 Å². The lowest BCUT2D eigenvalue weighted by molar-refractivity contribution is -0.169. The zero-order valence-corrected chi connectivity index (χ0v) is 18.2. The lowest BCUT2D eigenvalue weighted by atomic mass is 9.62. The molecule has 3 amide bonds. The molecule has 7 nitrogen and oxygen atoms in total. The van der Waals surface area contributed by atoms with Crippen LogP contribution in [-0.2, 0) is 19.9 Å². The first-order valence-corrected chi connectivity index (χ1v) is 10.5. The van der Waals surface area contributed by atoms with Gasteiger partial charge < -0.3 is 15.4 Å². The predicted octanol–water partition coefficient (Wildman–Crippen LogP) is 1.93. The van der Waals surface area contributed by atoms with Gasteiger partial charge in [-0.1, -0.05) is 18.6 Å². The molecule has 4 rings (SSSR count). The minimum absolute atomic E-state index is 0. The molecule has 1 saturated carbocycles. The van der Waals surface area contributed by atoms with Gasteiger partial charge in [-0.2, -0.15) is 0 Å². The number of ether oxygens (including phenoxy) is 1. The van der Waals surface area contributed by atoms with E-state index in [0.717, 1.165) is 37.9 Å². The number of piperidine rings is 1. The van der Waals surface area contributed by atoms with E-state index in [9.17, 15) is 14.4 Å². The van der Waals surface area contributed by atoms with Crippen LogP contribution in [0.4, 0.5) is 0 Å². The number of nitrogens with zero attached hydrogens (tertiary/aromatic N) is 2. The summed E-state index contributed by atoms with van der Waals surface area (Å²) >= 11 is 0. The van der Waals surface area contributed by atoms with Gasteiger partial charge in [0, 0.05) is 63.5 Å². The van der Waals surface area contributed by atoms with E-state index >= 15 is 0 Å². The maximum atomic E-state index is 11.9. The van der Waals surface area contributed by atoms with Crippen molar-refractivity contribution in [3.05, 3.63) is 35.4 Å². The average molecular weight is 436 g/mol. The number of nitrogens with two attached hydrogens (primary N) is 1. The quantitative estimate of drug-likeness (QED) is 0.689. The molecular weight excluding hydrogens is 406 g/mol. The number of methoxy groups -OCH3 is 1. The Morgan fingerprint density at radius 2 is 1.77 bits per heavy atom. The SMILES string of the molecule is CO[C@@]1(c2cccc(C(N)=O)c2)[C@@H]2CCC[C@H]1CN(CCN1C(=O)CCC1=O)C2.Cl. The second-order valence-corrected chi connectivity index (χ2v) is 8.47. The fourth-order valence-electron chi connectivity index (χ4n) is 5.66. The van der Waals surface area contributed by atoms with Gasteiger partial charge in [-0.25, -0.2) is 0 Å². The number of fused-ring (bicyclic) bond motifs is 2. The van der Waals surface area contributed by atoms with Crippen molar-refractivity contribution in [2.75, 3.05) is 33.3 Å². The van der Waals surface area contributed by atoms with E-state index < -0.39 is 11.5 Å². The third kappa shape index (κ3) is 3.86. The summed E-state index contributed by atoms with van der Waals surface area (Å²) in [7, 11) is 1.76. The number of carbonyl (C=O) groups excluding carboxylic acids is 3. The molecule has 2 bridgehead atoms. The lowest BCUT2D eigenvalue weighted by Gasteiger charge is -2.55. The molecule has 3 atom stereocenters. The largest absolute Gasteiger partial charge is 0.373 e. The zero-order valence-electron chi connectivity index (χ0n) is 17.3. The molecule has 1 aliphatic carbocycles. The summed E-state index contributed by atoms with van der Waals surface area (Å²) in [4.78, 5) is 39.3. The molecule has 2 heterocycles. The van der Waals surface area contributed by atoms with Crippen LogP contribution in [0.1, 0.15) is 48.0 Å². The second kappa shape index (κ2) is 9.04. The number of hydrogen-bond acceptors (Lipinski definition) is 5. The molecule has 0 radical (unpaired) electrons. The van der Waals surface area contributed by atoms with Gasteiger partial charge in [0.2, 0.25) is 17.7 Å². The van der Waals surface area contributed by atoms with Crippen molar-refractivity contribution >= 4 is 30.1 Å². The highest BCUT2D eigenvalue weighted by atomic mass is 35.5. The summed E-state index contributed by atoms with van der Waals surface area (Å²) in [6.07, 6.45) is 3.93. The third-order valence-electron chi connectivity index (χ3n) is 7.01. The molecule has 3 fully saturated rings. The monoisotopic (exact) mass is 435 g/mol. The molecule has 164 valence electrons. The maximum Gasteiger partial charge on any atom is 0.248 e. The normalized spacial score (nSPS) is 29.0. The Balaban J connectivity index is 0.00000256. The number of primary amides is 1. The van der Waals surface area contributed by atoms with Crippen LogP contribution in [0, 0.1) is 11.8 Å². The predicted molar refractivity (Wildman–Crippen MR) is 114 cm³/mol. The molecule has 3 aliphatic rings. The summed E-state index contributed by atoms with van der Waals surface area (Å²) in [5, 5.41) is 0. The number of carbonyl (C=O) groups is 3. The Labute approximate surface area is 183 Å². The van der Waals surface area contributed by atoms with Crippen LogP contribution in [0.2, 0.25) is 0 Å². The summed E-state index contributed by atoms with van der Waals surface area (Å²) in [6, 6.07) is 7.54. The molecule has 1 aromatic carbocycles. The van der Waals surface area contributed by atoms with Crippen LogP contribution in [0.3, 0.4) is 0 Å². The summed E-state index contributed by atoms with van der Waals surface area (Å²) in [5.74, 6) is 0.0327. The van der Waals surface area contributed by atoms with Crippen molar-refractivity contribution in [3.8, 4) is 0 Å². The maximum absolute atomic E-state index is 11.9. The fraction of sp³-hybridized carbons (Fsp3) is 0.591. The highest BCUT2D eigenvalue weighted by Gasteiger charge is 2.53. The van der Waals surface area contributed by atoms with E-state index in [1.54, 1.807) is 13.2 Å². The van der Waals surface area contributed by atoms with E-state index in [-0.39, 0.29) is 36.1 Å². The van der Waals surface area contributed by atoms with E-state index in [1.807, 2.05) is 18.2 Å². The third-order valence-corrected chi connectivity index (χ3v) is 7.01. The number of amides is 3. The molecule has 30 heavy (non-hydrogen) atoms. The Morgan fingerprint density at radius 1 is 1.13 bits per heavy atom. The first kappa shape index (κ1) is 22.7. The topological polar surface area (TPSA) is 92.9 Å². The number of likely N-dealkylation sites (tertiary alicyclic amines) is 2. The van der Waals surface area contributed by atoms with Crippen molar-refractivity contribution in [1.29, 1.82) is 0 Å². The molecule has 2 N–H and O–H groups in total. The van der Waals surface area contributed by atoms with Crippen molar-refractivity contribution < 1.29 is 19.1 Å². The van der Waals surface area contributed by atoms with Gasteiger partial charge in [-0.15, -0.1) is 12.4 Å². The minimum atomic E-state index is -0.431. The summed E-state index contributed by atoms with van der Waals surface area (Å²) in [6.45, 7) is 2.86. The number of hydrogen-bond donors (Lipinski definition) is 1. The fourth-order valence-corrected chi connectivity index (χ4v) is 5.66. The molecule has 8 heteroatoms. The van der Waals surface area contributed by atoms with Crippen LogP contribution in [0.5, 0.6) is 0 Å². The number of benzene rings is 1. The Kier molecular flexibility index (Phi) is 6.84. The molecular formula is C22H30ClN3O4. The van der Waals surface area contributed by atoms with Crippen LogP contribution < -0.4 is 5.73 Å². The number of rotatable bonds is 6. The molecule has 0 aromatic heterocycles. The number of halogens is 1. The Morgan fingerprint density at radius 3 is 2.33 bits per heavy atom. The van der Waals surface area contributed by atoms with Crippen molar-refractivity contribution in [3.63, 3.8) is 0 Å². The average Bonchev–Trinajstić information content (AvgIpc) is 3.03. The van der Waals surface area contributed by atoms with Gasteiger partial charge in [0.05, 0.1) is 0 Å². The van der Waals surface area contributed by atoms with E-state index in [1.165, 1.54) is 4.90 Å².